The van der Waals surface area contributed by atoms with E-state index >= 15 is 0 Å². The van der Waals surface area contributed by atoms with E-state index in [9.17, 15) is 14.7 Å². The minimum Gasteiger partial charge on any atom is -0.491 e. The Morgan fingerprint density at radius 3 is 2.63 bits per heavy atom. The topological polar surface area (TPSA) is 102 Å². The molecule has 0 aliphatic rings. The summed E-state index contributed by atoms with van der Waals surface area (Å²) in [6.45, 7) is 4.40. The fraction of sp³-hybridized carbons (Fsp3) is 0.450. The largest absolute Gasteiger partial charge is 0.491 e. The quantitative estimate of drug-likeness (QED) is 0.484. The second-order valence-corrected chi connectivity index (χ2v) is 8.94. The van der Waals surface area contributed by atoms with Crippen LogP contribution in [0.25, 0.3) is 11.2 Å². The van der Waals surface area contributed by atoms with Gasteiger partial charge in [-0.3, -0.25) is 14.3 Å². The molecular weight excluding hydrogens is 428 g/mol. The summed E-state index contributed by atoms with van der Waals surface area (Å²) in [5.41, 5.74) is -0.499. The van der Waals surface area contributed by atoms with Crippen molar-refractivity contribution in [3.8, 4) is 5.75 Å². The molecule has 2 heterocycles. The molecule has 1 aromatic carbocycles. The minimum atomic E-state index is -0.890. The van der Waals surface area contributed by atoms with Gasteiger partial charge < -0.3 is 14.4 Å². The van der Waals surface area contributed by atoms with Crippen molar-refractivity contribution < 1.29 is 9.84 Å². The summed E-state index contributed by atoms with van der Waals surface area (Å²) in [5.74, 6) is 1.92. The number of ether oxygens (including phenoxy) is 1. The molecule has 0 saturated heterocycles. The van der Waals surface area contributed by atoms with Gasteiger partial charge in [-0.15, -0.1) is 0 Å². The summed E-state index contributed by atoms with van der Waals surface area (Å²) in [6, 6.07) is 6.84. The number of hydrogen-bond acceptors (Lipinski definition) is 6. The average molecular weight is 453 g/mol. The van der Waals surface area contributed by atoms with Gasteiger partial charge in [0.05, 0.1) is 6.54 Å². The van der Waals surface area contributed by atoms with Crippen molar-refractivity contribution in [2.24, 2.45) is 13.0 Å². The van der Waals surface area contributed by atoms with Crippen LogP contribution in [0, 0.1) is 5.92 Å². The van der Waals surface area contributed by atoms with E-state index in [2.05, 4.69) is 23.8 Å². The molecule has 0 radical (unpaired) electrons. The lowest BCUT2D eigenvalue weighted by Gasteiger charge is -2.15. The van der Waals surface area contributed by atoms with Gasteiger partial charge in [-0.2, -0.15) is 0 Å². The number of aromatic amines is 1. The van der Waals surface area contributed by atoms with Gasteiger partial charge in [0.15, 0.2) is 16.3 Å². The first-order valence-electron chi connectivity index (χ1n) is 9.65. The molecule has 3 rings (SSSR count). The number of nitrogens with zero attached hydrogens (tertiary/aromatic N) is 3. The first-order valence-corrected chi connectivity index (χ1v) is 11.0. The van der Waals surface area contributed by atoms with Crippen LogP contribution in [0.2, 0.25) is 5.02 Å². The fourth-order valence-electron chi connectivity index (χ4n) is 2.87. The number of imidazole rings is 1. The normalized spacial score (nSPS) is 12.6. The second kappa shape index (κ2) is 9.72. The molecule has 0 saturated carbocycles. The molecule has 1 atom stereocenters. The number of aromatic nitrogens is 4. The van der Waals surface area contributed by atoms with Crippen molar-refractivity contribution in [2.45, 2.75) is 38.1 Å². The van der Waals surface area contributed by atoms with E-state index in [1.807, 2.05) is 0 Å². The van der Waals surface area contributed by atoms with Crippen LogP contribution in [-0.4, -0.2) is 42.7 Å². The highest BCUT2D eigenvalue weighted by Gasteiger charge is 2.20. The van der Waals surface area contributed by atoms with E-state index in [4.69, 9.17) is 16.3 Å². The first kappa shape index (κ1) is 22.5. The first-order chi connectivity index (χ1) is 14.3. The highest BCUT2D eigenvalue weighted by Crippen LogP contribution is 2.24. The molecule has 1 unspecified atom stereocenters. The van der Waals surface area contributed by atoms with Crippen LogP contribution in [-0.2, 0) is 13.6 Å². The maximum absolute atomic E-state index is 12.5. The molecule has 0 bridgehead atoms. The van der Waals surface area contributed by atoms with Gasteiger partial charge in [-0.05, 0) is 36.6 Å². The minimum absolute atomic E-state index is 0.0288. The number of halogens is 1. The molecule has 0 fully saturated rings. The molecular formula is C20H25ClN4O4S. The van der Waals surface area contributed by atoms with E-state index < -0.39 is 17.4 Å². The van der Waals surface area contributed by atoms with E-state index in [0.717, 1.165) is 12.2 Å². The molecule has 162 valence electrons. The summed E-state index contributed by atoms with van der Waals surface area (Å²) in [7, 11) is 1.56. The Bertz CT molecular complexity index is 1120. The van der Waals surface area contributed by atoms with Crippen LogP contribution in [0.1, 0.15) is 20.3 Å². The summed E-state index contributed by atoms with van der Waals surface area (Å²) < 4.78 is 8.58. The van der Waals surface area contributed by atoms with E-state index in [1.54, 1.807) is 35.9 Å². The van der Waals surface area contributed by atoms with Crippen LogP contribution in [0.5, 0.6) is 5.75 Å². The number of H-pyrrole nitrogens is 1. The number of aliphatic hydroxyl groups excluding tert-OH is 1. The maximum Gasteiger partial charge on any atom is 0.329 e. The third-order valence-electron chi connectivity index (χ3n) is 4.55. The zero-order valence-corrected chi connectivity index (χ0v) is 18.7. The molecule has 30 heavy (non-hydrogen) atoms. The van der Waals surface area contributed by atoms with Crippen LogP contribution in [0.3, 0.4) is 0 Å². The Hall–Kier alpha value is -2.23. The van der Waals surface area contributed by atoms with E-state index in [-0.39, 0.29) is 18.7 Å². The number of thioether (sulfide) groups is 1. The molecule has 8 nitrogen and oxygen atoms in total. The predicted octanol–water partition coefficient (Wildman–Crippen LogP) is 2.65. The van der Waals surface area contributed by atoms with Crippen molar-refractivity contribution in [3.63, 3.8) is 0 Å². The summed E-state index contributed by atoms with van der Waals surface area (Å²) >= 11 is 7.37. The highest BCUT2D eigenvalue weighted by atomic mass is 35.5. The average Bonchev–Trinajstić information content (AvgIpc) is 3.04. The Morgan fingerprint density at radius 2 is 1.97 bits per heavy atom. The van der Waals surface area contributed by atoms with Gasteiger partial charge in [-0.25, -0.2) is 9.78 Å². The summed E-state index contributed by atoms with van der Waals surface area (Å²) in [5, 5.41) is 11.7. The summed E-state index contributed by atoms with van der Waals surface area (Å²) in [6.07, 6.45) is 0.0879. The molecule has 0 spiro atoms. The van der Waals surface area contributed by atoms with Crippen molar-refractivity contribution in [3.05, 3.63) is 50.1 Å². The van der Waals surface area contributed by atoms with Crippen molar-refractivity contribution in [2.75, 3.05) is 12.4 Å². The van der Waals surface area contributed by atoms with E-state index in [0.29, 0.717) is 27.5 Å². The monoisotopic (exact) mass is 452 g/mol. The molecule has 2 aromatic heterocycles. The number of fused-ring (bicyclic) bond motifs is 1. The smallest absolute Gasteiger partial charge is 0.329 e. The van der Waals surface area contributed by atoms with Crippen LogP contribution in [0.15, 0.2) is 39.0 Å². The van der Waals surface area contributed by atoms with Gasteiger partial charge in [-0.1, -0.05) is 37.2 Å². The fourth-order valence-corrected chi connectivity index (χ4v) is 4.24. The lowest BCUT2D eigenvalue weighted by Crippen LogP contribution is -2.30. The Kier molecular flexibility index (Phi) is 7.27. The third-order valence-corrected chi connectivity index (χ3v) is 5.81. The number of rotatable bonds is 9. The Balaban J connectivity index is 1.85. The van der Waals surface area contributed by atoms with Crippen LogP contribution >= 0.6 is 23.4 Å². The van der Waals surface area contributed by atoms with Gasteiger partial charge in [0, 0.05) is 17.8 Å². The summed E-state index contributed by atoms with van der Waals surface area (Å²) in [4.78, 5) is 31.3. The number of benzene rings is 1. The molecule has 0 amide bonds. The Labute approximate surface area is 182 Å². The SMILES string of the molecule is CC(C)CCSc1nc2c(c(=O)[nH]c(=O)n2C)n1CC(O)COc1ccc(Cl)cc1. The number of aliphatic hydroxyl groups is 1. The zero-order chi connectivity index (χ0) is 21.8. The maximum atomic E-state index is 12.5. The van der Waals surface area contributed by atoms with Crippen molar-refractivity contribution >= 4 is 34.5 Å². The number of hydrogen-bond donors (Lipinski definition) is 2. The predicted molar refractivity (Wildman–Crippen MR) is 119 cm³/mol. The van der Waals surface area contributed by atoms with Gasteiger partial charge >= 0.3 is 5.69 Å². The Morgan fingerprint density at radius 1 is 1.27 bits per heavy atom. The van der Waals surface area contributed by atoms with Crippen LogP contribution in [0.4, 0.5) is 0 Å². The molecule has 0 aliphatic carbocycles. The van der Waals surface area contributed by atoms with Gasteiger partial charge in [0.25, 0.3) is 5.56 Å². The molecule has 10 heteroatoms. The molecule has 2 N–H and O–H groups in total. The number of nitrogens with one attached hydrogen (secondary N) is 1. The standard InChI is InChI=1S/C20H25ClN4O4S/c1-12(2)8-9-30-20-22-17-16(18(27)23-19(28)24(17)3)25(20)10-14(26)11-29-15-6-4-13(21)5-7-15/h4-7,12,14,26H,8-11H2,1-3H3,(H,23,27,28). The van der Waals surface area contributed by atoms with Crippen molar-refractivity contribution in [1.82, 2.24) is 19.1 Å². The van der Waals surface area contributed by atoms with Gasteiger partial charge in [0.2, 0.25) is 0 Å². The van der Waals surface area contributed by atoms with Crippen molar-refractivity contribution in [1.29, 1.82) is 0 Å². The number of aryl methyl sites for hydroxylation is 1. The lowest BCUT2D eigenvalue weighted by atomic mass is 10.2. The second-order valence-electron chi connectivity index (χ2n) is 7.45. The zero-order valence-electron chi connectivity index (χ0n) is 17.1. The van der Waals surface area contributed by atoms with Crippen LogP contribution < -0.4 is 16.0 Å². The lowest BCUT2D eigenvalue weighted by molar-refractivity contribution is 0.0914. The molecule has 0 aliphatic heterocycles. The third kappa shape index (κ3) is 5.27. The highest BCUT2D eigenvalue weighted by molar-refractivity contribution is 7.99. The molecule has 3 aromatic rings. The van der Waals surface area contributed by atoms with E-state index in [1.165, 1.54) is 16.3 Å². The van der Waals surface area contributed by atoms with Gasteiger partial charge in [0.1, 0.15) is 18.5 Å².